The van der Waals surface area contributed by atoms with Gasteiger partial charge in [0.25, 0.3) is 5.91 Å². The predicted molar refractivity (Wildman–Crippen MR) is 69.6 cm³/mol. The molecule has 2 rings (SSSR count). The summed E-state index contributed by atoms with van der Waals surface area (Å²) in [5.41, 5.74) is -0.416. The van der Waals surface area contributed by atoms with Crippen LogP contribution in [0.5, 0.6) is 0 Å². The van der Waals surface area contributed by atoms with Crippen LogP contribution < -0.4 is 0 Å². The zero-order valence-electron chi connectivity index (χ0n) is 10.9. The molecule has 0 aromatic carbocycles. The van der Waals surface area contributed by atoms with Crippen molar-refractivity contribution >= 4 is 23.2 Å². The van der Waals surface area contributed by atoms with Gasteiger partial charge in [0.05, 0.1) is 5.60 Å². The Kier molecular flexibility index (Phi) is 3.86. The van der Waals surface area contributed by atoms with Crippen molar-refractivity contribution in [1.29, 1.82) is 0 Å². The summed E-state index contributed by atoms with van der Waals surface area (Å²) < 4.78 is 5.43. The lowest BCUT2D eigenvalue weighted by molar-refractivity contribution is -0.0440. The molecule has 7 heteroatoms. The number of aromatic carboxylic acids is 1. The number of piperidine rings is 1. The minimum atomic E-state index is -1.12. The van der Waals surface area contributed by atoms with Crippen molar-refractivity contribution in [1.82, 2.24) is 9.88 Å². The van der Waals surface area contributed by atoms with Crippen molar-refractivity contribution < 1.29 is 19.4 Å². The number of aromatic nitrogens is 1. The number of ether oxygens (including phenoxy) is 1. The number of carbonyl (C=O) groups is 2. The average molecular weight is 284 g/mol. The molecule has 104 valence electrons. The Morgan fingerprint density at radius 3 is 2.89 bits per heavy atom. The normalized spacial score (nSPS) is 23.4. The quantitative estimate of drug-likeness (QED) is 0.909. The Hall–Kier alpha value is -1.47. The summed E-state index contributed by atoms with van der Waals surface area (Å²) >= 11 is 1.06. The van der Waals surface area contributed by atoms with Crippen LogP contribution in [0.2, 0.25) is 0 Å². The number of likely N-dealkylation sites (tertiary alicyclic amines) is 1. The average Bonchev–Trinajstić information content (AvgIpc) is 2.87. The molecule has 1 aromatic heterocycles. The van der Waals surface area contributed by atoms with Gasteiger partial charge in [-0.2, -0.15) is 0 Å². The minimum Gasteiger partial charge on any atom is -0.476 e. The van der Waals surface area contributed by atoms with Gasteiger partial charge in [0, 0.05) is 25.6 Å². The van der Waals surface area contributed by atoms with Gasteiger partial charge in [0.2, 0.25) is 0 Å². The monoisotopic (exact) mass is 284 g/mol. The summed E-state index contributed by atoms with van der Waals surface area (Å²) in [5, 5.41) is 10.4. The van der Waals surface area contributed by atoms with Gasteiger partial charge in [0.1, 0.15) is 0 Å². The molecule has 6 nitrogen and oxygen atoms in total. The second-order valence-corrected chi connectivity index (χ2v) is 5.69. The summed E-state index contributed by atoms with van der Waals surface area (Å²) in [6.07, 6.45) is 1.78. The van der Waals surface area contributed by atoms with E-state index in [4.69, 9.17) is 9.84 Å². The zero-order chi connectivity index (χ0) is 14.0. The number of methoxy groups -OCH3 is 1. The topological polar surface area (TPSA) is 79.7 Å². The summed E-state index contributed by atoms with van der Waals surface area (Å²) in [6.45, 7) is 3.13. The summed E-state index contributed by atoms with van der Waals surface area (Å²) in [6, 6.07) is 0. The van der Waals surface area contributed by atoms with E-state index in [9.17, 15) is 9.59 Å². The van der Waals surface area contributed by atoms with Crippen LogP contribution >= 0.6 is 11.3 Å². The lowest BCUT2D eigenvalue weighted by atomic mass is 9.95. The van der Waals surface area contributed by atoms with E-state index >= 15 is 0 Å². The molecule has 0 aliphatic carbocycles. The Morgan fingerprint density at radius 1 is 1.58 bits per heavy atom. The van der Waals surface area contributed by atoms with E-state index in [2.05, 4.69) is 4.98 Å². The molecular weight excluding hydrogens is 268 g/mol. The molecule has 19 heavy (non-hydrogen) atoms. The molecule has 1 fully saturated rings. The number of nitrogens with zero attached hydrogens (tertiary/aromatic N) is 2. The van der Waals surface area contributed by atoms with Gasteiger partial charge in [-0.1, -0.05) is 0 Å². The number of thiazole rings is 1. The van der Waals surface area contributed by atoms with E-state index in [1.807, 2.05) is 6.92 Å². The number of hydrogen-bond donors (Lipinski definition) is 1. The van der Waals surface area contributed by atoms with Gasteiger partial charge in [0.15, 0.2) is 10.7 Å². The van der Waals surface area contributed by atoms with Crippen molar-refractivity contribution in [2.45, 2.75) is 25.4 Å². The highest BCUT2D eigenvalue weighted by Gasteiger charge is 2.34. The first-order valence-corrected chi connectivity index (χ1v) is 6.86. The first-order valence-electron chi connectivity index (χ1n) is 5.98. The maximum atomic E-state index is 12.3. The highest BCUT2D eigenvalue weighted by molar-refractivity contribution is 7.11. The highest BCUT2D eigenvalue weighted by atomic mass is 32.1. The number of carbonyl (C=O) groups excluding carboxylic acids is 1. The maximum Gasteiger partial charge on any atom is 0.355 e. The van der Waals surface area contributed by atoms with Gasteiger partial charge in [-0.05, 0) is 19.8 Å². The molecule has 0 bridgehead atoms. The lowest BCUT2D eigenvalue weighted by Gasteiger charge is -2.39. The van der Waals surface area contributed by atoms with Crippen molar-refractivity contribution in [3.8, 4) is 0 Å². The van der Waals surface area contributed by atoms with E-state index < -0.39 is 5.97 Å². The van der Waals surface area contributed by atoms with Crippen LogP contribution in [0.25, 0.3) is 0 Å². The third kappa shape index (κ3) is 2.93. The Labute approximate surface area is 115 Å². The van der Waals surface area contributed by atoms with Gasteiger partial charge < -0.3 is 14.7 Å². The molecule has 1 aromatic rings. The molecule has 0 radical (unpaired) electrons. The predicted octanol–water partition coefficient (Wildman–Crippen LogP) is 1.48. The molecule has 1 saturated heterocycles. The van der Waals surface area contributed by atoms with Crippen molar-refractivity contribution in [2.24, 2.45) is 0 Å². The number of rotatable bonds is 3. The molecule has 1 aliphatic rings. The molecule has 1 N–H and O–H groups in total. The third-order valence-corrected chi connectivity index (χ3v) is 4.18. The molecule has 2 heterocycles. The third-order valence-electron chi connectivity index (χ3n) is 3.35. The number of hydrogen-bond acceptors (Lipinski definition) is 5. The molecule has 1 unspecified atom stereocenters. The van der Waals surface area contributed by atoms with E-state index in [0.717, 1.165) is 24.2 Å². The number of carboxylic acid groups (broad SMARTS) is 1. The van der Waals surface area contributed by atoms with Crippen LogP contribution in [0.4, 0.5) is 0 Å². The Morgan fingerprint density at radius 2 is 2.32 bits per heavy atom. The van der Waals surface area contributed by atoms with Gasteiger partial charge in [-0.15, -0.1) is 11.3 Å². The Balaban J connectivity index is 2.12. The summed E-state index contributed by atoms with van der Waals surface area (Å²) in [5.74, 6) is -1.34. The van der Waals surface area contributed by atoms with Crippen LogP contribution in [0.1, 0.15) is 40.1 Å². The molecular formula is C12H16N2O4S. The minimum absolute atomic E-state index is 0.0835. The molecule has 1 atom stereocenters. The van der Waals surface area contributed by atoms with Crippen LogP contribution in [0.15, 0.2) is 5.38 Å². The van der Waals surface area contributed by atoms with Crippen LogP contribution in [-0.2, 0) is 4.74 Å². The maximum absolute atomic E-state index is 12.3. The van der Waals surface area contributed by atoms with E-state index in [-0.39, 0.29) is 22.2 Å². The fourth-order valence-corrected chi connectivity index (χ4v) is 2.91. The standard InChI is InChI=1S/C12H16N2O4S/c1-12(18-2)4-3-5-14(7-12)10(15)9-13-8(6-19-9)11(16)17/h6H,3-5,7H2,1-2H3,(H,16,17). The second kappa shape index (κ2) is 5.26. The zero-order valence-corrected chi connectivity index (χ0v) is 11.7. The van der Waals surface area contributed by atoms with Crippen molar-refractivity contribution in [2.75, 3.05) is 20.2 Å². The highest BCUT2D eigenvalue weighted by Crippen LogP contribution is 2.25. The summed E-state index contributed by atoms with van der Waals surface area (Å²) in [4.78, 5) is 28.5. The van der Waals surface area contributed by atoms with Crippen molar-refractivity contribution in [3.63, 3.8) is 0 Å². The van der Waals surface area contributed by atoms with Gasteiger partial charge in [-0.3, -0.25) is 4.79 Å². The number of carboxylic acids is 1. The number of amides is 1. The SMILES string of the molecule is COC1(C)CCCN(C(=O)c2nc(C(=O)O)cs2)C1. The molecule has 0 saturated carbocycles. The van der Waals surface area contributed by atoms with Gasteiger partial charge >= 0.3 is 5.97 Å². The van der Waals surface area contributed by atoms with Crippen LogP contribution in [0.3, 0.4) is 0 Å². The van der Waals surface area contributed by atoms with Gasteiger partial charge in [-0.25, -0.2) is 9.78 Å². The van der Waals surface area contributed by atoms with Crippen LogP contribution in [-0.4, -0.2) is 52.7 Å². The first kappa shape index (κ1) is 14.0. The smallest absolute Gasteiger partial charge is 0.355 e. The second-order valence-electron chi connectivity index (χ2n) is 4.83. The molecule has 0 spiro atoms. The summed E-state index contributed by atoms with van der Waals surface area (Å²) in [7, 11) is 1.64. The van der Waals surface area contributed by atoms with E-state index in [0.29, 0.717) is 13.1 Å². The first-order chi connectivity index (χ1) is 8.95. The molecule has 1 aliphatic heterocycles. The fraction of sp³-hybridized carbons (Fsp3) is 0.583. The molecule has 1 amide bonds. The Bertz CT molecular complexity index is 502. The van der Waals surface area contributed by atoms with Crippen LogP contribution in [0, 0.1) is 0 Å². The lowest BCUT2D eigenvalue weighted by Crippen LogP contribution is -2.49. The van der Waals surface area contributed by atoms with Crippen molar-refractivity contribution in [3.05, 3.63) is 16.1 Å². The van der Waals surface area contributed by atoms with E-state index in [1.165, 1.54) is 5.38 Å². The van der Waals surface area contributed by atoms with E-state index in [1.54, 1.807) is 12.0 Å². The largest absolute Gasteiger partial charge is 0.476 e. The fourth-order valence-electron chi connectivity index (χ4n) is 2.15.